The normalized spacial score (nSPS) is 23.5. The zero-order valence-electron chi connectivity index (χ0n) is 11.8. The van der Waals surface area contributed by atoms with E-state index in [-0.39, 0.29) is 0 Å². The lowest BCUT2D eigenvalue weighted by atomic mass is 9.92. The molecule has 0 saturated heterocycles. The lowest BCUT2D eigenvalue weighted by Gasteiger charge is -2.33. The summed E-state index contributed by atoms with van der Waals surface area (Å²) in [7, 11) is 0. The van der Waals surface area contributed by atoms with Gasteiger partial charge in [0.05, 0.1) is 0 Å². The van der Waals surface area contributed by atoms with Crippen molar-refractivity contribution >= 4 is 17.5 Å². The van der Waals surface area contributed by atoms with Gasteiger partial charge in [-0.2, -0.15) is 0 Å². The first-order valence-corrected chi connectivity index (χ1v) is 7.41. The Morgan fingerprint density at radius 2 is 1.90 bits per heavy atom. The summed E-state index contributed by atoms with van der Waals surface area (Å²) in [6.07, 6.45) is 6.61. The zero-order valence-corrected chi connectivity index (χ0v) is 11.8. The molecule has 0 bridgehead atoms. The second-order valence-electron chi connectivity index (χ2n) is 6.04. The molecule has 1 aliphatic carbocycles. The first-order valence-electron chi connectivity index (χ1n) is 7.41. The fraction of sp³-hybridized carbons (Fsp3) is 0.222. The summed E-state index contributed by atoms with van der Waals surface area (Å²) in [6, 6.07) is 14.5. The average Bonchev–Trinajstić information content (AvgIpc) is 3.32. The molecule has 0 aromatic heterocycles. The van der Waals surface area contributed by atoms with Crippen LogP contribution in [0.5, 0.6) is 0 Å². The number of fused-ring (bicyclic) bond motifs is 1. The smallest absolute Gasteiger partial charge is 0.132 e. The van der Waals surface area contributed by atoms with Gasteiger partial charge >= 0.3 is 0 Å². The monoisotopic (exact) mass is 277 g/mol. The van der Waals surface area contributed by atoms with Crippen LogP contribution in [0.3, 0.4) is 0 Å². The third kappa shape index (κ3) is 2.10. The van der Waals surface area contributed by atoms with Gasteiger partial charge in [0.2, 0.25) is 0 Å². The van der Waals surface area contributed by atoms with Crippen LogP contribution < -0.4 is 16.8 Å². The largest absolute Gasteiger partial charge is 0.398 e. The molecule has 2 aromatic rings. The van der Waals surface area contributed by atoms with Gasteiger partial charge in [-0.05, 0) is 48.1 Å². The third-order valence-electron chi connectivity index (χ3n) is 4.41. The van der Waals surface area contributed by atoms with Crippen molar-refractivity contribution in [1.29, 1.82) is 0 Å². The summed E-state index contributed by atoms with van der Waals surface area (Å²) in [5.41, 5.74) is 17.2. The van der Waals surface area contributed by atoms with Gasteiger partial charge < -0.3 is 16.8 Å². The van der Waals surface area contributed by atoms with Crippen molar-refractivity contribution in [2.45, 2.75) is 24.4 Å². The molecule has 3 heteroatoms. The maximum atomic E-state index is 6.60. The van der Waals surface area contributed by atoms with Crippen molar-refractivity contribution in [3.8, 4) is 0 Å². The summed E-state index contributed by atoms with van der Waals surface area (Å²) in [4.78, 5) is 0. The van der Waals surface area contributed by atoms with Crippen molar-refractivity contribution in [3.05, 3.63) is 65.2 Å². The maximum Gasteiger partial charge on any atom is 0.132 e. The predicted molar refractivity (Wildman–Crippen MR) is 87.8 cm³/mol. The molecule has 0 radical (unpaired) electrons. The van der Waals surface area contributed by atoms with E-state index in [9.17, 15) is 0 Å². The summed E-state index contributed by atoms with van der Waals surface area (Å²) in [6.45, 7) is 0. The number of anilines is 2. The van der Waals surface area contributed by atoms with Crippen LogP contribution in [0.1, 0.15) is 35.4 Å². The Labute approximate surface area is 124 Å². The van der Waals surface area contributed by atoms with Gasteiger partial charge in [-0.1, -0.05) is 36.4 Å². The summed E-state index contributed by atoms with van der Waals surface area (Å²) < 4.78 is 0. The lowest BCUT2D eigenvalue weighted by molar-refractivity contribution is 0.647. The molecule has 1 heterocycles. The van der Waals surface area contributed by atoms with E-state index in [1.165, 1.54) is 18.4 Å². The minimum absolute atomic E-state index is 0.675. The highest BCUT2D eigenvalue weighted by Gasteiger charge is 2.30. The number of hydrogen-bond acceptors (Lipinski definition) is 3. The minimum Gasteiger partial charge on any atom is -0.398 e. The molecule has 0 spiro atoms. The van der Waals surface area contributed by atoms with Gasteiger partial charge in [0, 0.05) is 16.9 Å². The molecule has 4 rings (SSSR count). The van der Waals surface area contributed by atoms with E-state index < -0.39 is 5.66 Å². The molecular weight excluding hydrogens is 258 g/mol. The number of benzene rings is 2. The van der Waals surface area contributed by atoms with E-state index >= 15 is 0 Å². The first-order chi connectivity index (χ1) is 10.2. The van der Waals surface area contributed by atoms with Crippen LogP contribution in [0.15, 0.2) is 48.5 Å². The van der Waals surface area contributed by atoms with Gasteiger partial charge in [-0.25, -0.2) is 0 Å². The van der Waals surface area contributed by atoms with E-state index in [0.717, 1.165) is 28.4 Å². The van der Waals surface area contributed by atoms with E-state index in [0.29, 0.717) is 0 Å². The Balaban J connectivity index is 1.74. The van der Waals surface area contributed by atoms with E-state index in [4.69, 9.17) is 11.5 Å². The van der Waals surface area contributed by atoms with Gasteiger partial charge in [0.1, 0.15) is 5.66 Å². The molecular formula is C18H19N3. The molecule has 1 aliphatic heterocycles. The van der Waals surface area contributed by atoms with Crippen molar-refractivity contribution in [2.75, 3.05) is 11.1 Å². The SMILES string of the molecule is Nc1cccc2c1C=CC(N)(c1cccc(C3CC3)c1)N2. The molecule has 1 unspecified atom stereocenters. The highest BCUT2D eigenvalue weighted by atomic mass is 15.1. The topological polar surface area (TPSA) is 64.1 Å². The molecule has 2 aliphatic rings. The Morgan fingerprint density at radius 1 is 1.10 bits per heavy atom. The Bertz CT molecular complexity index is 731. The number of nitrogen functional groups attached to an aromatic ring is 1. The Morgan fingerprint density at radius 3 is 2.71 bits per heavy atom. The second-order valence-corrected chi connectivity index (χ2v) is 6.04. The fourth-order valence-electron chi connectivity index (χ4n) is 2.99. The van der Waals surface area contributed by atoms with Gasteiger partial charge in [-0.3, -0.25) is 0 Å². The van der Waals surface area contributed by atoms with Crippen LogP contribution in [0.25, 0.3) is 6.08 Å². The van der Waals surface area contributed by atoms with Crippen molar-refractivity contribution in [1.82, 2.24) is 0 Å². The molecule has 21 heavy (non-hydrogen) atoms. The molecule has 1 atom stereocenters. The van der Waals surface area contributed by atoms with Crippen LogP contribution in [0, 0.1) is 0 Å². The average molecular weight is 277 g/mol. The van der Waals surface area contributed by atoms with Crippen molar-refractivity contribution in [3.63, 3.8) is 0 Å². The van der Waals surface area contributed by atoms with E-state index in [2.05, 4.69) is 29.6 Å². The summed E-state index contributed by atoms with van der Waals surface area (Å²) in [5.74, 6) is 0.726. The van der Waals surface area contributed by atoms with Gasteiger partial charge in [-0.15, -0.1) is 0 Å². The second kappa shape index (κ2) is 4.37. The highest BCUT2D eigenvalue weighted by molar-refractivity contribution is 5.80. The molecule has 2 aromatic carbocycles. The van der Waals surface area contributed by atoms with E-state index in [1.54, 1.807) is 0 Å². The first kappa shape index (κ1) is 12.5. The van der Waals surface area contributed by atoms with Crippen LogP contribution in [0.4, 0.5) is 11.4 Å². The lowest BCUT2D eigenvalue weighted by Crippen LogP contribution is -2.44. The molecule has 0 amide bonds. The summed E-state index contributed by atoms with van der Waals surface area (Å²) >= 11 is 0. The van der Waals surface area contributed by atoms with Crippen LogP contribution >= 0.6 is 0 Å². The minimum atomic E-state index is -0.675. The number of hydrogen-bond donors (Lipinski definition) is 3. The van der Waals surface area contributed by atoms with Crippen LogP contribution in [-0.4, -0.2) is 0 Å². The predicted octanol–water partition coefficient (Wildman–Crippen LogP) is 3.40. The van der Waals surface area contributed by atoms with Crippen molar-refractivity contribution in [2.24, 2.45) is 5.73 Å². The molecule has 106 valence electrons. The molecule has 1 saturated carbocycles. The van der Waals surface area contributed by atoms with Crippen LogP contribution in [-0.2, 0) is 5.66 Å². The van der Waals surface area contributed by atoms with Crippen molar-refractivity contribution < 1.29 is 0 Å². The zero-order chi connectivity index (χ0) is 14.4. The highest BCUT2D eigenvalue weighted by Crippen LogP contribution is 2.41. The van der Waals surface area contributed by atoms with Crippen LogP contribution in [0.2, 0.25) is 0 Å². The van der Waals surface area contributed by atoms with Gasteiger partial charge in [0.25, 0.3) is 0 Å². The quantitative estimate of drug-likeness (QED) is 0.737. The standard InChI is InChI=1S/C18H19N3/c19-16-5-2-6-17-15(16)9-10-18(20,21-17)14-4-1-3-13(11-14)12-7-8-12/h1-6,9-12,21H,7-8,19-20H2. The Hall–Kier alpha value is -2.26. The number of rotatable bonds is 2. The third-order valence-corrected chi connectivity index (χ3v) is 4.41. The maximum absolute atomic E-state index is 6.60. The number of nitrogens with one attached hydrogen (secondary N) is 1. The Kier molecular flexibility index (Phi) is 2.59. The summed E-state index contributed by atoms with van der Waals surface area (Å²) in [5, 5.41) is 3.43. The molecule has 1 fully saturated rings. The molecule has 3 nitrogen and oxygen atoms in total. The number of nitrogens with two attached hydrogens (primary N) is 2. The van der Waals surface area contributed by atoms with Gasteiger partial charge in [0.15, 0.2) is 0 Å². The van der Waals surface area contributed by atoms with E-state index in [1.807, 2.05) is 30.4 Å². The fourth-order valence-corrected chi connectivity index (χ4v) is 2.99. The molecule has 5 N–H and O–H groups in total.